The number of rotatable bonds is 6. The van der Waals surface area contributed by atoms with Gasteiger partial charge in [-0.15, -0.1) is 0 Å². The van der Waals surface area contributed by atoms with Gasteiger partial charge < -0.3 is 10.2 Å². The third-order valence-corrected chi connectivity index (χ3v) is 2.22. The Balaban J connectivity index is 2.64. The van der Waals surface area contributed by atoms with Gasteiger partial charge in [0, 0.05) is 0 Å². The van der Waals surface area contributed by atoms with Gasteiger partial charge in [-0.05, 0) is 18.7 Å². The summed E-state index contributed by atoms with van der Waals surface area (Å²) < 4.78 is 5.26. The Kier molecular flexibility index (Phi) is 4.68. The highest BCUT2D eigenvalue weighted by Crippen LogP contribution is 2.10. The zero-order valence-electron chi connectivity index (χ0n) is 9.60. The molecule has 5 N–H and O–H groups in total. The van der Waals surface area contributed by atoms with E-state index in [1.165, 1.54) is 6.07 Å². The number of nitrogens with one attached hydrogen (secondary N) is 1. The molecular weight excluding hydrogens is 224 g/mol. The minimum Gasteiger partial charge on any atom is -0.455 e. The molecule has 7 nitrogen and oxygen atoms in total. The van der Waals surface area contributed by atoms with Crippen molar-refractivity contribution >= 4 is 11.8 Å². The second kappa shape index (κ2) is 6.02. The van der Waals surface area contributed by atoms with Gasteiger partial charge in [0.2, 0.25) is 5.91 Å². The first-order valence-electron chi connectivity index (χ1n) is 5.17. The molecule has 0 aromatic carbocycles. The summed E-state index contributed by atoms with van der Waals surface area (Å²) in [7, 11) is 0. The summed E-state index contributed by atoms with van der Waals surface area (Å²) in [6.07, 6.45) is 0. The van der Waals surface area contributed by atoms with E-state index in [1.54, 1.807) is 11.0 Å². The SMILES string of the molecule is CCN(CC(N)=O)Cc1ccc(C(=O)NN)o1. The Bertz CT molecular complexity index is 402. The Hall–Kier alpha value is -1.86. The molecule has 0 unspecified atom stereocenters. The van der Waals surface area contributed by atoms with Crippen molar-refractivity contribution in [2.24, 2.45) is 11.6 Å². The third-order valence-electron chi connectivity index (χ3n) is 2.22. The van der Waals surface area contributed by atoms with Gasteiger partial charge in [-0.25, -0.2) is 5.84 Å². The molecule has 0 saturated carbocycles. The van der Waals surface area contributed by atoms with Crippen LogP contribution in [-0.2, 0) is 11.3 Å². The molecule has 1 rings (SSSR count). The molecule has 1 aromatic rings. The Morgan fingerprint density at radius 3 is 2.71 bits per heavy atom. The molecule has 1 heterocycles. The van der Waals surface area contributed by atoms with Crippen molar-refractivity contribution in [2.45, 2.75) is 13.5 Å². The van der Waals surface area contributed by atoms with Gasteiger partial charge in [0.1, 0.15) is 5.76 Å². The maximum absolute atomic E-state index is 11.1. The summed E-state index contributed by atoms with van der Waals surface area (Å²) >= 11 is 0. The molecule has 0 fully saturated rings. The third kappa shape index (κ3) is 3.89. The van der Waals surface area contributed by atoms with Gasteiger partial charge in [0.25, 0.3) is 0 Å². The van der Waals surface area contributed by atoms with Gasteiger partial charge in [0.15, 0.2) is 5.76 Å². The van der Waals surface area contributed by atoms with Crippen LogP contribution in [0.2, 0.25) is 0 Å². The highest BCUT2D eigenvalue weighted by molar-refractivity contribution is 5.90. The van der Waals surface area contributed by atoms with Gasteiger partial charge in [-0.1, -0.05) is 6.92 Å². The minimum atomic E-state index is -0.491. The second-order valence-corrected chi connectivity index (χ2v) is 3.51. The fraction of sp³-hybridized carbons (Fsp3) is 0.400. The first kappa shape index (κ1) is 13.2. The van der Waals surface area contributed by atoms with Crippen molar-refractivity contribution in [3.05, 3.63) is 23.7 Å². The smallest absolute Gasteiger partial charge is 0.300 e. The van der Waals surface area contributed by atoms with Crippen LogP contribution in [0.5, 0.6) is 0 Å². The molecule has 0 bridgehead atoms. The number of carbonyl (C=O) groups is 2. The summed E-state index contributed by atoms with van der Waals surface area (Å²) in [6, 6.07) is 3.18. The average molecular weight is 240 g/mol. The number of hydrogen-bond acceptors (Lipinski definition) is 5. The van der Waals surface area contributed by atoms with Crippen LogP contribution in [-0.4, -0.2) is 29.8 Å². The number of hydrogen-bond donors (Lipinski definition) is 3. The van der Waals surface area contributed by atoms with Crippen molar-refractivity contribution < 1.29 is 14.0 Å². The predicted molar refractivity (Wildman–Crippen MR) is 60.5 cm³/mol. The summed E-state index contributed by atoms with van der Waals surface area (Å²) in [4.78, 5) is 23.7. The number of nitrogens with two attached hydrogens (primary N) is 2. The summed E-state index contributed by atoms with van der Waals surface area (Å²) in [5.41, 5.74) is 7.08. The summed E-state index contributed by atoms with van der Waals surface area (Å²) in [5.74, 6) is 4.79. The molecule has 7 heteroatoms. The zero-order chi connectivity index (χ0) is 12.8. The molecule has 0 spiro atoms. The lowest BCUT2D eigenvalue weighted by molar-refractivity contribution is -0.119. The van der Waals surface area contributed by atoms with Crippen molar-refractivity contribution in [3.63, 3.8) is 0 Å². The Labute approximate surface area is 98.7 Å². The van der Waals surface area contributed by atoms with Crippen LogP contribution in [0, 0.1) is 0 Å². The van der Waals surface area contributed by atoms with Crippen LogP contribution < -0.4 is 17.0 Å². The van der Waals surface area contributed by atoms with Crippen molar-refractivity contribution in [3.8, 4) is 0 Å². The van der Waals surface area contributed by atoms with Crippen LogP contribution in [0.15, 0.2) is 16.5 Å². The van der Waals surface area contributed by atoms with E-state index in [1.807, 2.05) is 12.3 Å². The lowest BCUT2D eigenvalue weighted by atomic mass is 10.3. The topological polar surface area (TPSA) is 115 Å². The highest BCUT2D eigenvalue weighted by Gasteiger charge is 2.12. The standard InChI is InChI=1S/C10H16N4O3/c1-2-14(6-9(11)15)5-7-3-4-8(17-7)10(16)13-12/h3-4H,2,5-6,12H2,1H3,(H2,11,15)(H,13,16). The van der Waals surface area contributed by atoms with E-state index in [4.69, 9.17) is 16.0 Å². The molecule has 0 aliphatic carbocycles. The minimum absolute atomic E-state index is 0.137. The van der Waals surface area contributed by atoms with E-state index >= 15 is 0 Å². The van der Waals surface area contributed by atoms with E-state index in [0.717, 1.165) is 0 Å². The number of hydrazine groups is 1. The van der Waals surface area contributed by atoms with E-state index in [0.29, 0.717) is 18.8 Å². The van der Waals surface area contributed by atoms with E-state index < -0.39 is 11.8 Å². The molecule has 2 amide bonds. The largest absolute Gasteiger partial charge is 0.455 e. The van der Waals surface area contributed by atoms with Crippen molar-refractivity contribution in [1.29, 1.82) is 0 Å². The van der Waals surface area contributed by atoms with Gasteiger partial charge in [-0.2, -0.15) is 0 Å². The zero-order valence-corrected chi connectivity index (χ0v) is 9.60. The predicted octanol–water partition coefficient (Wildman–Crippen LogP) is -0.810. The molecule has 0 aliphatic heterocycles. The molecule has 94 valence electrons. The maximum Gasteiger partial charge on any atom is 0.300 e. The molecule has 17 heavy (non-hydrogen) atoms. The number of carbonyl (C=O) groups excluding carboxylic acids is 2. The van der Waals surface area contributed by atoms with E-state index in [-0.39, 0.29) is 12.3 Å². The molecule has 0 saturated heterocycles. The fourth-order valence-electron chi connectivity index (χ4n) is 1.38. The normalized spacial score (nSPS) is 10.5. The number of likely N-dealkylation sites (N-methyl/N-ethyl adjacent to an activating group) is 1. The molecule has 0 aliphatic rings. The molecule has 1 aromatic heterocycles. The van der Waals surface area contributed by atoms with Crippen LogP contribution in [0.1, 0.15) is 23.2 Å². The van der Waals surface area contributed by atoms with Crippen molar-refractivity contribution in [1.82, 2.24) is 10.3 Å². The Morgan fingerprint density at radius 1 is 1.47 bits per heavy atom. The summed E-state index contributed by atoms with van der Waals surface area (Å²) in [6.45, 7) is 3.12. The average Bonchev–Trinajstić information content (AvgIpc) is 2.75. The van der Waals surface area contributed by atoms with Crippen molar-refractivity contribution in [2.75, 3.05) is 13.1 Å². The number of nitrogens with zero attached hydrogens (tertiary/aromatic N) is 1. The van der Waals surface area contributed by atoms with Crippen LogP contribution in [0.25, 0.3) is 0 Å². The van der Waals surface area contributed by atoms with Crippen LogP contribution in [0.3, 0.4) is 0 Å². The van der Waals surface area contributed by atoms with E-state index in [9.17, 15) is 9.59 Å². The number of nitrogen functional groups attached to an aromatic ring is 1. The monoisotopic (exact) mass is 240 g/mol. The van der Waals surface area contributed by atoms with Crippen LogP contribution >= 0.6 is 0 Å². The van der Waals surface area contributed by atoms with Gasteiger partial charge in [-0.3, -0.25) is 19.9 Å². The summed E-state index contributed by atoms with van der Waals surface area (Å²) in [5, 5.41) is 0. The van der Waals surface area contributed by atoms with Crippen LogP contribution in [0.4, 0.5) is 0 Å². The number of furan rings is 1. The fourth-order valence-corrected chi connectivity index (χ4v) is 1.38. The molecular formula is C10H16N4O3. The first-order chi connectivity index (χ1) is 8.06. The van der Waals surface area contributed by atoms with Gasteiger partial charge in [0.05, 0.1) is 13.1 Å². The first-order valence-corrected chi connectivity index (χ1v) is 5.17. The Morgan fingerprint density at radius 2 is 2.18 bits per heavy atom. The lowest BCUT2D eigenvalue weighted by Crippen LogP contribution is -2.33. The molecule has 0 radical (unpaired) electrons. The maximum atomic E-state index is 11.1. The van der Waals surface area contributed by atoms with E-state index in [2.05, 4.69) is 0 Å². The highest BCUT2D eigenvalue weighted by atomic mass is 16.4. The second-order valence-electron chi connectivity index (χ2n) is 3.51. The number of amides is 2. The lowest BCUT2D eigenvalue weighted by Gasteiger charge is -2.16. The molecule has 0 atom stereocenters. The van der Waals surface area contributed by atoms with Gasteiger partial charge >= 0.3 is 5.91 Å². The quantitative estimate of drug-likeness (QED) is 0.342. The number of primary amides is 1.